The third-order valence-electron chi connectivity index (χ3n) is 3.12. The molecular formula is C16H21N3O3. The minimum atomic E-state index is -0.416. The minimum Gasteiger partial charge on any atom is -0.494 e. The molecule has 22 heavy (non-hydrogen) atoms. The van der Waals surface area contributed by atoms with Gasteiger partial charge in [0.1, 0.15) is 17.5 Å². The molecule has 1 aromatic heterocycles. The quantitative estimate of drug-likeness (QED) is 0.854. The second-order valence-electron chi connectivity index (χ2n) is 4.68. The molecule has 6 heteroatoms. The van der Waals surface area contributed by atoms with Gasteiger partial charge in [0.25, 0.3) is 0 Å². The SMILES string of the molecule is CCOc1ccc(OCC)c(NC(=O)C(C)n2cccn2)c1. The lowest BCUT2D eigenvalue weighted by atomic mass is 10.2. The Balaban J connectivity index is 2.18. The number of anilines is 1. The number of hydrogen-bond acceptors (Lipinski definition) is 4. The van der Waals surface area contributed by atoms with Crippen LogP contribution in [-0.2, 0) is 4.79 Å². The van der Waals surface area contributed by atoms with E-state index in [0.29, 0.717) is 30.4 Å². The lowest BCUT2D eigenvalue weighted by Crippen LogP contribution is -2.24. The summed E-state index contributed by atoms with van der Waals surface area (Å²) in [7, 11) is 0. The van der Waals surface area contributed by atoms with Gasteiger partial charge in [-0.05, 0) is 39.0 Å². The topological polar surface area (TPSA) is 65.4 Å². The first-order valence-corrected chi connectivity index (χ1v) is 7.35. The third-order valence-corrected chi connectivity index (χ3v) is 3.12. The number of rotatable bonds is 7. The Bertz CT molecular complexity index is 611. The van der Waals surface area contributed by atoms with E-state index in [4.69, 9.17) is 9.47 Å². The van der Waals surface area contributed by atoms with Crippen LogP contribution in [0.3, 0.4) is 0 Å². The normalized spacial score (nSPS) is 11.8. The fourth-order valence-corrected chi connectivity index (χ4v) is 2.01. The van der Waals surface area contributed by atoms with E-state index >= 15 is 0 Å². The number of amides is 1. The number of carbonyl (C=O) groups is 1. The van der Waals surface area contributed by atoms with Crippen molar-refractivity contribution >= 4 is 11.6 Å². The molecule has 1 unspecified atom stereocenters. The van der Waals surface area contributed by atoms with Gasteiger partial charge in [-0.1, -0.05) is 0 Å². The van der Waals surface area contributed by atoms with Crippen LogP contribution >= 0.6 is 0 Å². The number of nitrogens with zero attached hydrogens (tertiary/aromatic N) is 2. The van der Waals surface area contributed by atoms with Crippen molar-refractivity contribution in [3.05, 3.63) is 36.7 Å². The molecule has 1 heterocycles. The van der Waals surface area contributed by atoms with Gasteiger partial charge < -0.3 is 14.8 Å². The van der Waals surface area contributed by atoms with Gasteiger partial charge in [-0.25, -0.2) is 0 Å². The van der Waals surface area contributed by atoms with E-state index in [2.05, 4.69) is 10.4 Å². The van der Waals surface area contributed by atoms with Crippen molar-refractivity contribution in [1.29, 1.82) is 0 Å². The molecule has 1 aromatic carbocycles. The van der Waals surface area contributed by atoms with E-state index in [1.54, 1.807) is 42.2 Å². The van der Waals surface area contributed by atoms with Crippen LogP contribution in [0.25, 0.3) is 0 Å². The fraction of sp³-hybridized carbons (Fsp3) is 0.375. The molecular weight excluding hydrogens is 282 g/mol. The second kappa shape index (κ2) is 7.49. The Morgan fingerprint density at radius 1 is 1.32 bits per heavy atom. The van der Waals surface area contributed by atoms with Crippen LogP contribution in [-0.4, -0.2) is 28.9 Å². The van der Waals surface area contributed by atoms with Crippen molar-refractivity contribution in [3.8, 4) is 11.5 Å². The van der Waals surface area contributed by atoms with Gasteiger partial charge in [0, 0.05) is 18.5 Å². The Morgan fingerprint density at radius 3 is 2.73 bits per heavy atom. The highest BCUT2D eigenvalue weighted by Crippen LogP contribution is 2.30. The first-order valence-electron chi connectivity index (χ1n) is 7.35. The molecule has 0 aliphatic heterocycles. The minimum absolute atomic E-state index is 0.168. The third kappa shape index (κ3) is 3.78. The molecule has 0 radical (unpaired) electrons. The molecule has 0 saturated heterocycles. The summed E-state index contributed by atoms with van der Waals surface area (Å²) in [6.07, 6.45) is 3.40. The highest BCUT2D eigenvalue weighted by atomic mass is 16.5. The van der Waals surface area contributed by atoms with Gasteiger partial charge in [0.2, 0.25) is 5.91 Å². The molecule has 2 aromatic rings. The Morgan fingerprint density at radius 2 is 2.09 bits per heavy atom. The molecule has 0 bridgehead atoms. The molecule has 1 N–H and O–H groups in total. The number of nitrogens with one attached hydrogen (secondary N) is 1. The van der Waals surface area contributed by atoms with Gasteiger partial charge in [-0.2, -0.15) is 5.10 Å². The van der Waals surface area contributed by atoms with Gasteiger partial charge in [-0.3, -0.25) is 9.48 Å². The zero-order valence-corrected chi connectivity index (χ0v) is 13.1. The standard InChI is InChI=1S/C16H21N3O3/c1-4-21-13-7-8-15(22-5-2)14(11-13)18-16(20)12(3)19-10-6-9-17-19/h6-12H,4-5H2,1-3H3,(H,18,20). The average molecular weight is 303 g/mol. The van der Waals surface area contributed by atoms with Crippen LogP contribution < -0.4 is 14.8 Å². The smallest absolute Gasteiger partial charge is 0.249 e. The Labute approximate surface area is 130 Å². The molecule has 0 aliphatic rings. The van der Waals surface area contributed by atoms with Crippen molar-refractivity contribution in [2.75, 3.05) is 18.5 Å². The largest absolute Gasteiger partial charge is 0.494 e. The van der Waals surface area contributed by atoms with Gasteiger partial charge in [0.05, 0.1) is 18.9 Å². The molecule has 1 atom stereocenters. The zero-order chi connectivity index (χ0) is 15.9. The molecule has 6 nitrogen and oxygen atoms in total. The van der Waals surface area contributed by atoms with E-state index in [0.717, 1.165) is 0 Å². The first-order chi connectivity index (χ1) is 10.7. The van der Waals surface area contributed by atoms with Crippen LogP contribution in [0.4, 0.5) is 5.69 Å². The van der Waals surface area contributed by atoms with E-state index in [-0.39, 0.29) is 5.91 Å². The van der Waals surface area contributed by atoms with Gasteiger partial charge in [-0.15, -0.1) is 0 Å². The monoisotopic (exact) mass is 303 g/mol. The molecule has 0 spiro atoms. The summed E-state index contributed by atoms with van der Waals surface area (Å²) in [5.74, 6) is 1.14. The number of carbonyl (C=O) groups excluding carboxylic acids is 1. The average Bonchev–Trinajstić information content (AvgIpc) is 3.03. The highest BCUT2D eigenvalue weighted by Gasteiger charge is 2.17. The molecule has 0 saturated carbocycles. The summed E-state index contributed by atoms with van der Waals surface area (Å²) in [6.45, 7) is 6.68. The predicted octanol–water partition coefficient (Wildman–Crippen LogP) is 2.88. The fourth-order valence-electron chi connectivity index (χ4n) is 2.01. The maximum Gasteiger partial charge on any atom is 0.249 e. The zero-order valence-electron chi connectivity index (χ0n) is 13.1. The van der Waals surface area contributed by atoms with Crippen molar-refractivity contribution in [3.63, 3.8) is 0 Å². The van der Waals surface area contributed by atoms with E-state index in [9.17, 15) is 4.79 Å². The van der Waals surface area contributed by atoms with Crippen molar-refractivity contribution in [2.24, 2.45) is 0 Å². The molecule has 118 valence electrons. The summed E-state index contributed by atoms with van der Waals surface area (Å²) >= 11 is 0. The van der Waals surface area contributed by atoms with Crippen molar-refractivity contribution in [1.82, 2.24) is 9.78 Å². The lowest BCUT2D eigenvalue weighted by molar-refractivity contribution is -0.119. The maximum absolute atomic E-state index is 12.4. The summed E-state index contributed by atoms with van der Waals surface area (Å²) < 4.78 is 12.6. The van der Waals surface area contributed by atoms with E-state index in [1.807, 2.05) is 19.9 Å². The van der Waals surface area contributed by atoms with Crippen LogP contribution in [0, 0.1) is 0 Å². The summed E-state index contributed by atoms with van der Waals surface area (Å²) in [5, 5.41) is 6.96. The van der Waals surface area contributed by atoms with E-state index < -0.39 is 6.04 Å². The Hall–Kier alpha value is -2.50. The number of benzene rings is 1. The second-order valence-corrected chi connectivity index (χ2v) is 4.68. The number of hydrogen-bond donors (Lipinski definition) is 1. The maximum atomic E-state index is 12.4. The van der Waals surface area contributed by atoms with E-state index in [1.165, 1.54) is 0 Å². The first kappa shape index (κ1) is 15.9. The van der Waals surface area contributed by atoms with Crippen molar-refractivity contribution < 1.29 is 14.3 Å². The summed E-state index contributed by atoms with van der Waals surface area (Å²) in [4.78, 5) is 12.4. The molecule has 0 aliphatic carbocycles. The van der Waals surface area contributed by atoms with Crippen molar-refractivity contribution in [2.45, 2.75) is 26.8 Å². The number of ether oxygens (including phenoxy) is 2. The lowest BCUT2D eigenvalue weighted by Gasteiger charge is -2.16. The van der Waals surface area contributed by atoms with Gasteiger partial charge in [0.15, 0.2) is 0 Å². The summed E-state index contributed by atoms with van der Waals surface area (Å²) in [5.41, 5.74) is 0.594. The van der Waals surface area contributed by atoms with Crippen LogP contribution in [0.2, 0.25) is 0 Å². The van der Waals surface area contributed by atoms with Gasteiger partial charge >= 0.3 is 0 Å². The molecule has 0 fully saturated rings. The van der Waals surface area contributed by atoms with Crippen LogP contribution in [0.5, 0.6) is 11.5 Å². The highest BCUT2D eigenvalue weighted by molar-refractivity contribution is 5.95. The molecule has 1 amide bonds. The molecule has 2 rings (SSSR count). The number of aromatic nitrogens is 2. The predicted molar refractivity (Wildman–Crippen MR) is 84.3 cm³/mol. The van der Waals surface area contributed by atoms with Crippen LogP contribution in [0.15, 0.2) is 36.7 Å². The van der Waals surface area contributed by atoms with Crippen LogP contribution in [0.1, 0.15) is 26.8 Å². The Kier molecular flexibility index (Phi) is 5.41. The summed E-state index contributed by atoms with van der Waals surface area (Å²) in [6, 6.07) is 6.75.